The molecule has 6 rings (SSSR count). The molecule has 3 fully saturated rings. The highest BCUT2D eigenvalue weighted by Gasteiger charge is 2.64. The Hall–Kier alpha value is -2.83. The van der Waals surface area contributed by atoms with Gasteiger partial charge in [0.05, 0.1) is 17.9 Å². The molecular formula is C40H57N3O4. The van der Waals surface area contributed by atoms with Crippen molar-refractivity contribution in [2.24, 2.45) is 45.8 Å². The summed E-state index contributed by atoms with van der Waals surface area (Å²) >= 11 is 0. The lowest BCUT2D eigenvalue weighted by Gasteiger charge is -2.64. The Morgan fingerprint density at radius 3 is 2.45 bits per heavy atom. The molecule has 0 spiro atoms. The summed E-state index contributed by atoms with van der Waals surface area (Å²) in [6.07, 6.45) is 12.9. The number of allylic oxidation sites excluding steroid dienone is 2. The van der Waals surface area contributed by atoms with Crippen LogP contribution in [-0.2, 0) is 19.7 Å². The average molecular weight is 644 g/mol. The number of Topliss-reactive ketones (excluding diaryl/α,β-unsaturated/α-hetero) is 1. The Balaban J connectivity index is 1.29. The van der Waals surface area contributed by atoms with E-state index >= 15 is 0 Å². The van der Waals surface area contributed by atoms with Gasteiger partial charge in [-0.15, -0.1) is 10.2 Å². The molecule has 0 N–H and O–H groups in total. The first-order valence-corrected chi connectivity index (χ1v) is 18.3. The van der Waals surface area contributed by atoms with Crippen molar-refractivity contribution in [3.05, 3.63) is 41.6 Å². The van der Waals surface area contributed by atoms with Gasteiger partial charge in [-0.05, 0) is 127 Å². The van der Waals surface area contributed by atoms with Crippen molar-refractivity contribution in [2.45, 2.75) is 138 Å². The zero-order chi connectivity index (χ0) is 33.9. The summed E-state index contributed by atoms with van der Waals surface area (Å²) in [6.45, 7) is 20.3. The second-order valence-corrected chi connectivity index (χ2v) is 17.7. The van der Waals surface area contributed by atoms with E-state index in [4.69, 9.17) is 9.15 Å². The summed E-state index contributed by atoms with van der Waals surface area (Å²) in [5.74, 6) is 3.51. The largest absolute Gasteiger partial charge is 0.463 e. The number of carbonyl (C=O) groups is 2. The molecule has 0 aliphatic heterocycles. The molecule has 0 amide bonds. The Morgan fingerprint density at radius 2 is 1.77 bits per heavy atom. The van der Waals surface area contributed by atoms with Crippen LogP contribution in [0.1, 0.15) is 132 Å². The highest BCUT2D eigenvalue weighted by atomic mass is 16.5. The van der Waals surface area contributed by atoms with Crippen LogP contribution in [0.5, 0.6) is 0 Å². The van der Waals surface area contributed by atoms with E-state index in [1.807, 2.05) is 12.1 Å². The lowest BCUT2D eigenvalue weighted by Crippen LogP contribution is -2.57. The predicted octanol–water partition coefficient (Wildman–Crippen LogP) is 9.32. The van der Waals surface area contributed by atoms with Crippen LogP contribution in [0.3, 0.4) is 0 Å². The molecule has 7 heteroatoms. The SMILES string of the molecule is CC(CCC1(C)C(C)CCC2(C)C3CCC4(c5nnc(-c6ccncc6)o5)CC(=O)C(C(C)C)=C4C3CCC12)OC(=O)CC(C)(C)C. The van der Waals surface area contributed by atoms with Crippen molar-refractivity contribution in [1.82, 2.24) is 15.2 Å². The first-order valence-electron chi connectivity index (χ1n) is 18.3. The first-order chi connectivity index (χ1) is 22.1. The van der Waals surface area contributed by atoms with Crippen molar-refractivity contribution in [3.8, 4) is 11.5 Å². The fraction of sp³-hybridized carbons (Fsp3) is 0.725. The molecule has 0 radical (unpaired) electrons. The lowest BCUT2D eigenvalue weighted by molar-refractivity contribution is -0.154. The summed E-state index contributed by atoms with van der Waals surface area (Å²) in [4.78, 5) is 30.7. The fourth-order valence-corrected chi connectivity index (χ4v) is 10.8. The van der Waals surface area contributed by atoms with Crippen molar-refractivity contribution in [2.75, 3.05) is 0 Å². The molecule has 0 saturated heterocycles. The summed E-state index contributed by atoms with van der Waals surface area (Å²) in [7, 11) is 0. The zero-order valence-electron chi connectivity index (χ0n) is 30.3. The van der Waals surface area contributed by atoms with Gasteiger partial charge in [-0.3, -0.25) is 14.6 Å². The summed E-state index contributed by atoms with van der Waals surface area (Å²) in [6, 6.07) is 3.78. The van der Waals surface area contributed by atoms with Crippen LogP contribution in [0.2, 0.25) is 0 Å². The molecule has 4 aliphatic carbocycles. The highest BCUT2D eigenvalue weighted by molar-refractivity contribution is 6.01. The number of esters is 1. The molecule has 2 aromatic rings. The van der Waals surface area contributed by atoms with Crippen molar-refractivity contribution in [1.29, 1.82) is 0 Å². The number of pyridine rings is 1. The second-order valence-electron chi connectivity index (χ2n) is 17.7. The van der Waals surface area contributed by atoms with Gasteiger partial charge >= 0.3 is 5.97 Å². The van der Waals surface area contributed by atoms with E-state index in [0.717, 1.165) is 49.7 Å². The Morgan fingerprint density at radius 1 is 1.04 bits per heavy atom. The minimum absolute atomic E-state index is 0.0705. The molecule has 256 valence electrons. The van der Waals surface area contributed by atoms with Gasteiger partial charge in [0.1, 0.15) is 0 Å². The number of fused-ring (bicyclic) bond motifs is 5. The number of carbonyl (C=O) groups excluding carboxylic acids is 2. The maximum atomic E-state index is 13.9. The Kier molecular flexibility index (Phi) is 8.87. The number of aromatic nitrogens is 3. The molecule has 2 heterocycles. The molecule has 0 bridgehead atoms. The van der Waals surface area contributed by atoms with Crippen molar-refractivity contribution < 1.29 is 18.7 Å². The summed E-state index contributed by atoms with van der Waals surface area (Å²) in [5.41, 5.74) is 2.99. The molecule has 47 heavy (non-hydrogen) atoms. The Labute approximate surface area is 282 Å². The third-order valence-corrected chi connectivity index (χ3v) is 13.2. The van der Waals surface area contributed by atoms with Gasteiger partial charge in [0, 0.05) is 24.4 Å². The number of ketones is 1. The smallest absolute Gasteiger partial charge is 0.306 e. The van der Waals surface area contributed by atoms with E-state index in [9.17, 15) is 9.59 Å². The van der Waals surface area contributed by atoms with Crippen LogP contribution in [0.4, 0.5) is 0 Å². The normalized spacial score (nSPS) is 34.6. The van der Waals surface area contributed by atoms with Gasteiger partial charge < -0.3 is 9.15 Å². The number of hydrogen-bond donors (Lipinski definition) is 0. The molecule has 0 aromatic carbocycles. The first kappa shape index (κ1) is 34.0. The molecule has 2 aromatic heterocycles. The summed E-state index contributed by atoms with van der Waals surface area (Å²) < 4.78 is 12.4. The van der Waals surface area contributed by atoms with E-state index < -0.39 is 5.41 Å². The average Bonchev–Trinajstić information content (AvgIpc) is 3.61. The predicted molar refractivity (Wildman–Crippen MR) is 183 cm³/mol. The molecule has 4 aliphatic rings. The van der Waals surface area contributed by atoms with Crippen LogP contribution in [-0.4, -0.2) is 33.0 Å². The third-order valence-electron chi connectivity index (χ3n) is 13.2. The van der Waals surface area contributed by atoms with E-state index in [-0.39, 0.29) is 40.0 Å². The van der Waals surface area contributed by atoms with Crippen LogP contribution in [0.15, 0.2) is 40.1 Å². The molecule has 7 nitrogen and oxygen atoms in total. The van der Waals surface area contributed by atoms with Crippen LogP contribution in [0, 0.1) is 45.8 Å². The van der Waals surface area contributed by atoms with Crippen LogP contribution in [0.25, 0.3) is 11.5 Å². The topological polar surface area (TPSA) is 95.2 Å². The van der Waals surface area contributed by atoms with Crippen molar-refractivity contribution in [3.63, 3.8) is 0 Å². The van der Waals surface area contributed by atoms with Crippen LogP contribution >= 0.6 is 0 Å². The van der Waals surface area contributed by atoms with Crippen molar-refractivity contribution >= 4 is 11.8 Å². The standard InChI is InChI=1S/C40H57N3O4/c1-24(2)33-30(44)22-40(36-43-42-35(47-36)27-15-20-41-21-16-27)19-14-29-28(34(33)40)10-11-31-38(8,25(3)12-17-39(29,31)9)18-13-26(4)46-32(45)23-37(5,6)7/h15-16,20-21,24-26,28-29,31H,10-14,17-19,22-23H2,1-9H3. The van der Waals surface area contributed by atoms with E-state index in [1.54, 1.807) is 12.4 Å². The number of ether oxygens (including phenoxy) is 1. The molecular weight excluding hydrogens is 586 g/mol. The number of hydrogen-bond acceptors (Lipinski definition) is 7. The van der Waals surface area contributed by atoms with Gasteiger partial charge in [-0.2, -0.15) is 0 Å². The molecule has 8 unspecified atom stereocenters. The van der Waals surface area contributed by atoms with Gasteiger partial charge in [-0.25, -0.2) is 0 Å². The molecule has 3 saturated carbocycles. The maximum Gasteiger partial charge on any atom is 0.306 e. The zero-order valence-corrected chi connectivity index (χ0v) is 30.3. The van der Waals surface area contributed by atoms with Gasteiger partial charge in [-0.1, -0.05) is 55.4 Å². The van der Waals surface area contributed by atoms with Crippen LogP contribution < -0.4 is 0 Å². The highest BCUT2D eigenvalue weighted by Crippen LogP contribution is 2.70. The third kappa shape index (κ3) is 5.92. The quantitative estimate of drug-likeness (QED) is 0.265. The minimum Gasteiger partial charge on any atom is -0.463 e. The van der Waals surface area contributed by atoms with E-state index in [1.165, 1.54) is 18.4 Å². The van der Waals surface area contributed by atoms with E-state index in [0.29, 0.717) is 48.3 Å². The number of nitrogens with zero attached hydrogens (tertiary/aromatic N) is 3. The van der Waals surface area contributed by atoms with Gasteiger partial charge in [0.2, 0.25) is 11.8 Å². The monoisotopic (exact) mass is 643 g/mol. The van der Waals surface area contributed by atoms with Gasteiger partial charge in [0.15, 0.2) is 5.78 Å². The number of rotatable bonds is 8. The minimum atomic E-state index is -0.503. The fourth-order valence-electron chi connectivity index (χ4n) is 10.8. The Bertz CT molecular complexity index is 1520. The van der Waals surface area contributed by atoms with E-state index in [2.05, 4.69) is 77.5 Å². The molecule has 8 atom stereocenters. The summed E-state index contributed by atoms with van der Waals surface area (Å²) in [5, 5.41) is 9.15. The maximum absolute atomic E-state index is 13.9. The van der Waals surface area contributed by atoms with Gasteiger partial charge in [0.25, 0.3) is 0 Å². The second kappa shape index (κ2) is 12.2. The lowest BCUT2D eigenvalue weighted by atomic mass is 9.40.